The lowest BCUT2D eigenvalue weighted by atomic mass is 9.81. The second-order valence-electron chi connectivity index (χ2n) is 5.76. The standard InChI is InChI=1S/C13H24N2O2/c1-13(10-17-2)4-7-15(8-5-13)12(16)11-3-6-14-9-11/h11,14H,3-10H2,1-2H3/t11-/m0/s1. The number of ether oxygens (including phenoxy) is 1. The van der Waals surface area contributed by atoms with Gasteiger partial charge in [-0.1, -0.05) is 6.92 Å². The van der Waals surface area contributed by atoms with Crippen LogP contribution < -0.4 is 5.32 Å². The molecule has 4 nitrogen and oxygen atoms in total. The molecule has 0 aromatic heterocycles. The summed E-state index contributed by atoms with van der Waals surface area (Å²) >= 11 is 0. The topological polar surface area (TPSA) is 41.6 Å². The number of piperidine rings is 1. The summed E-state index contributed by atoms with van der Waals surface area (Å²) in [7, 11) is 1.76. The minimum atomic E-state index is 0.224. The molecule has 0 unspecified atom stereocenters. The van der Waals surface area contributed by atoms with E-state index in [9.17, 15) is 4.79 Å². The molecule has 2 aliphatic rings. The Morgan fingerprint density at radius 3 is 2.71 bits per heavy atom. The first-order valence-corrected chi connectivity index (χ1v) is 6.63. The van der Waals surface area contributed by atoms with Gasteiger partial charge in [0.25, 0.3) is 0 Å². The molecule has 0 aliphatic carbocycles. The van der Waals surface area contributed by atoms with Crippen LogP contribution in [0.15, 0.2) is 0 Å². The first-order chi connectivity index (χ1) is 8.14. The molecule has 2 heterocycles. The summed E-state index contributed by atoms with van der Waals surface area (Å²) in [5.41, 5.74) is 0.263. The maximum atomic E-state index is 12.2. The summed E-state index contributed by atoms with van der Waals surface area (Å²) < 4.78 is 5.27. The third kappa shape index (κ3) is 2.99. The van der Waals surface area contributed by atoms with Crippen LogP contribution in [0.25, 0.3) is 0 Å². The molecule has 0 aromatic carbocycles. The quantitative estimate of drug-likeness (QED) is 0.796. The molecule has 2 rings (SSSR count). The maximum Gasteiger partial charge on any atom is 0.227 e. The van der Waals surface area contributed by atoms with Crippen molar-refractivity contribution in [2.75, 3.05) is 39.9 Å². The van der Waals surface area contributed by atoms with Crippen LogP contribution in [-0.4, -0.2) is 50.7 Å². The molecular weight excluding hydrogens is 216 g/mol. The molecule has 0 saturated carbocycles. The second kappa shape index (κ2) is 5.36. The SMILES string of the molecule is COCC1(C)CCN(C(=O)[C@H]2CCNC2)CC1. The van der Waals surface area contributed by atoms with Crippen molar-refractivity contribution in [3.8, 4) is 0 Å². The van der Waals surface area contributed by atoms with E-state index >= 15 is 0 Å². The third-order valence-corrected chi connectivity index (χ3v) is 4.18. The minimum Gasteiger partial charge on any atom is -0.384 e. The van der Waals surface area contributed by atoms with E-state index < -0.39 is 0 Å². The summed E-state index contributed by atoms with van der Waals surface area (Å²) in [6, 6.07) is 0. The number of methoxy groups -OCH3 is 1. The highest BCUT2D eigenvalue weighted by Crippen LogP contribution is 2.31. The molecule has 0 spiro atoms. The number of carbonyl (C=O) groups excluding carboxylic acids is 1. The van der Waals surface area contributed by atoms with Crippen LogP contribution in [0.3, 0.4) is 0 Å². The highest BCUT2D eigenvalue weighted by molar-refractivity contribution is 5.79. The van der Waals surface area contributed by atoms with Crippen molar-refractivity contribution < 1.29 is 9.53 Å². The molecule has 1 amide bonds. The highest BCUT2D eigenvalue weighted by Gasteiger charge is 2.34. The van der Waals surface area contributed by atoms with Crippen LogP contribution in [0.2, 0.25) is 0 Å². The van der Waals surface area contributed by atoms with Gasteiger partial charge in [-0.3, -0.25) is 4.79 Å². The van der Waals surface area contributed by atoms with E-state index in [1.807, 2.05) is 0 Å². The summed E-state index contributed by atoms with van der Waals surface area (Å²) in [6.07, 6.45) is 3.13. The van der Waals surface area contributed by atoms with Gasteiger partial charge in [-0.05, 0) is 31.2 Å². The van der Waals surface area contributed by atoms with Crippen molar-refractivity contribution in [3.63, 3.8) is 0 Å². The van der Waals surface area contributed by atoms with Crippen LogP contribution in [0, 0.1) is 11.3 Å². The Hall–Kier alpha value is -0.610. The van der Waals surface area contributed by atoms with Crippen molar-refractivity contribution >= 4 is 5.91 Å². The molecule has 4 heteroatoms. The van der Waals surface area contributed by atoms with Crippen LogP contribution in [-0.2, 0) is 9.53 Å². The van der Waals surface area contributed by atoms with Crippen molar-refractivity contribution in [1.29, 1.82) is 0 Å². The van der Waals surface area contributed by atoms with Gasteiger partial charge in [0.1, 0.15) is 0 Å². The molecular formula is C13H24N2O2. The molecule has 1 N–H and O–H groups in total. The molecule has 2 saturated heterocycles. The lowest BCUT2D eigenvalue weighted by Gasteiger charge is -2.39. The van der Waals surface area contributed by atoms with Crippen LogP contribution in [0.1, 0.15) is 26.2 Å². The Balaban J connectivity index is 1.83. The number of likely N-dealkylation sites (tertiary alicyclic amines) is 1. The Kier molecular flexibility index (Phi) is 4.05. The van der Waals surface area contributed by atoms with Crippen LogP contribution in [0.4, 0.5) is 0 Å². The van der Waals surface area contributed by atoms with Gasteiger partial charge >= 0.3 is 0 Å². The average molecular weight is 240 g/mol. The number of nitrogens with one attached hydrogen (secondary N) is 1. The molecule has 0 aromatic rings. The first-order valence-electron chi connectivity index (χ1n) is 6.63. The van der Waals surface area contributed by atoms with E-state index in [4.69, 9.17) is 4.74 Å². The number of hydrogen-bond donors (Lipinski definition) is 1. The highest BCUT2D eigenvalue weighted by atomic mass is 16.5. The van der Waals surface area contributed by atoms with E-state index in [0.29, 0.717) is 5.91 Å². The van der Waals surface area contributed by atoms with Crippen molar-refractivity contribution in [2.45, 2.75) is 26.2 Å². The van der Waals surface area contributed by atoms with E-state index in [-0.39, 0.29) is 11.3 Å². The van der Waals surface area contributed by atoms with Gasteiger partial charge in [0.05, 0.1) is 12.5 Å². The number of amides is 1. The lowest BCUT2D eigenvalue weighted by Crippen LogP contribution is -2.46. The normalized spacial score (nSPS) is 28.4. The van der Waals surface area contributed by atoms with Gasteiger partial charge in [0.15, 0.2) is 0 Å². The van der Waals surface area contributed by atoms with Gasteiger partial charge in [0.2, 0.25) is 5.91 Å². The largest absolute Gasteiger partial charge is 0.384 e. The van der Waals surface area contributed by atoms with Gasteiger partial charge in [0, 0.05) is 26.7 Å². The number of hydrogen-bond acceptors (Lipinski definition) is 3. The maximum absolute atomic E-state index is 12.2. The van der Waals surface area contributed by atoms with Crippen LogP contribution in [0.5, 0.6) is 0 Å². The predicted molar refractivity (Wildman–Crippen MR) is 66.8 cm³/mol. The van der Waals surface area contributed by atoms with Crippen LogP contribution >= 0.6 is 0 Å². The molecule has 0 bridgehead atoms. The average Bonchev–Trinajstić information content (AvgIpc) is 2.82. The fraction of sp³-hybridized carbons (Fsp3) is 0.923. The Morgan fingerprint density at radius 2 is 2.18 bits per heavy atom. The van der Waals surface area contributed by atoms with E-state index in [1.165, 1.54) is 0 Å². The van der Waals surface area contributed by atoms with E-state index in [2.05, 4.69) is 17.1 Å². The van der Waals surface area contributed by atoms with Crippen molar-refractivity contribution in [1.82, 2.24) is 10.2 Å². The molecule has 2 aliphatic heterocycles. The monoisotopic (exact) mass is 240 g/mol. The molecule has 0 radical (unpaired) electrons. The van der Waals surface area contributed by atoms with E-state index in [0.717, 1.165) is 52.0 Å². The Bertz CT molecular complexity index is 267. The summed E-state index contributed by atoms with van der Waals surface area (Å²) in [6.45, 7) is 6.72. The third-order valence-electron chi connectivity index (χ3n) is 4.18. The zero-order valence-corrected chi connectivity index (χ0v) is 11.0. The van der Waals surface area contributed by atoms with Crippen molar-refractivity contribution in [2.24, 2.45) is 11.3 Å². The fourth-order valence-corrected chi connectivity index (χ4v) is 2.88. The molecule has 17 heavy (non-hydrogen) atoms. The van der Waals surface area contributed by atoms with Gasteiger partial charge < -0.3 is 15.0 Å². The van der Waals surface area contributed by atoms with Gasteiger partial charge in [-0.2, -0.15) is 0 Å². The summed E-state index contributed by atoms with van der Waals surface area (Å²) in [5, 5.41) is 3.26. The second-order valence-corrected chi connectivity index (χ2v) is 5.76. The smallest absolute Gasteiger partial charge is 0.227 e. The van der Waals surface area contributed by atoms with Gasteiger partial charge in [-0.15, -0.1) is 0 Å². The predicted octanol–water partition coefficient (Wildman–Crippen LogP) is 0.871. The van der Waals surface area contributed by atoms with Crippen molar-refractivity contribution in [3.05, 3.63) is 0 Å². The minimum absolute atomic E-state index is 0.224. The lowest BCUT2D eigenvalue weighted by molar-refractivity contribution is -0.137. The Morgan fingerprint density at radius 1 is 1.47 bits per heavy atom. The number of rotatable bonds is 3. The zero-order chi connectivity index (χ0) is 12.3. The fourth-order valence-electron chi connectivity index (χ4n) is 2.88. The number of carbonyl (C=O) groups is 1. The van der Waals surface area contributed by atoms with Gasteiger partial charge in [-0.25, -0.2) is 0 Å². The first kappa shape index (κ1) is 12.8. The Labute approximate surface area is 104 Å². The van der Waals surface area contributed by atoms with E-state index in [1.54, 1.807) is 7.11 Å². The summed E-state index contributed by atoms with van der Waals surface area (Å²) in [4.78, 5) is 14.3. The number of nitrogens with zero attached hydrogens (tertiary/aromatic N) is 1. The zero-order valence-electron chi connectivity index (χ0n) is 11.0. The molecule has 98 valence electrons. The molecule has 1 atom stereocenters. The molecule has 2 fully saturated rings. The summed E-state index contributed by atoms with van der Waals surface area (Å²) in [5.74, 6) is 0.580.